The van der Waals surface area contributed by atoms with Gasteiger partial charge < -0.3 is 10.4 Å². The molecule has 6 heteroatoms. The van der Waals surface area contributed by atoms with E-state index in [0.29, 0.717) is 16.7 Å². The van der Waals surface area contributed by atoms with Crippen LogP contribution in [0.3, 0.4) is 0 Å². The van der Waals surface area contributed by atoms with Crippen molar-refractivity contribution < 1.29 is 9.90 Å². The third-order valence-electron chi connectivity index (χ3n) is 2.29. The Morgan fingerprint density at radius 1 is 1.44 bits per heavy atom. The largest absolute Gasteiger partial charge is 0.478 e. The standard InChI is InChI=1S/C12H10ClN3O2/c1-7-10(11(17)18)6-14-12(15-7)16-9-4-2-3-8(13)5-9/h2-6H,1H3,(H,17,18)(H,14,15,16). The van der Waals surface area contributed by atoms with E-state index in [1.165, 1.54) is 6.20 Å². The number of hydrogen-bond acceptors (Lipinski definition) is 4. The SMILES string of the molecule is Cc1nc(Nc2cccc(Cl)c2)ncc1C(=O)O. The highest BCUT2D eigenvalue weighted by molar-refractivity contribution is 6.30. The van der Waals surface area contributed by atoms with Crippen molar-refractivity contribution in [3.05, 3.63) is 46.7 Å². The number of anilines is 2. The number of hydrogen-bond donors (Lipinski definition) is 2. The van der Waals surface area contributed by atoms with E-state index >= 15 is 0 Å². The molecule has 0 atom stereocenters. The second-order valence-corrected chi connectivity index (χ2v) is 4.07. The summed E-state index contributed by atoms with van der Waals surface area (Å²) < 4.78 is 0. The molecule has 0 aliphatic rings. The minimum absolute atomic E-state index is 0.0895. The highest BCUT2D eigenvalue weighted by Gasteiger charge is 2.09. The Balaban J connectivity index is 2.25. The molecule has 1 aromatic heterocycles. The summed E-state index contributed by atoms with van der Waals surface area (Å²) in [7, 11) is 0. The number of carboxylic acid groups (broad SMARTS) is 1. The third kappa shape index (κ3) is 2.75. The molecule has 0 radical (unpaired) electrons. The first kappa shape index (κ1) is 12.3. The van der Waals surface area contributed by atoms with Gasteiger partial charge in [0.05, 0.1) is 11.3 Å². The molecular weight excluding hydrogens is 254 g/mol. The summed E-state index contributed by atoms with van der Waals surface area (Å²) in [6.45, 7) is 1.62. The first-order valence-electron chi connectivity index (χ1n) is 5.16. The zero-order valence-corrected chi connectivity index (χ0v) is 10.3. The Morgan fingerprint density at radius 3 is 2.83 bits per heavy atom. The maximum absolute atomic E-state index is 10.8. The Morgan fingerprint density at radius 2 is 2.22 bits per heavy atom. The number of nitrogens with zero attached hydrogens (tertiary/aromatic N) is 2. The molecule has 2 aromatic rings. The minimum Gasteiger partial charge on any atom is -0.478 e. The van der Waals surface area contributed by atoms with Crippen molar-refractivity contribution in [2.45, 2.75) is 6.92 Å². The lowest BCUT2D eigenvalue weighted by molar-refractivity contribution is 0.0695. The number of carboxylic acids is 1. The summed E-state index contributed by atoms with van der Waals surface area (Å²) in [6.07, 6.45) is 1.28. The molecule has 2 rings (SSSR count). The summed E-state index contributed by atoms with van der Waals surface area (Å²) in [6, 6.07) is 7.09. The van der Waals surface area contributed by atoms with Gasteiger partial charge >= 0.3 is 5.97 Å². The van der Waals surface area contributed by atoms with Crippen molar-refractivity contribution >= 4 is 29.2 Å². The number of benzene rings is 1. The van der Waals surface area contributed by atoms with Crippen molar-refractivity contribution in [3.8, 4) is 0 Å². The number of halogens is 1. The van der Waals surface area contributed by atoms with Crippen LogP contribution in [-0.2, 0) is 0 Å². The first-order valence-corrected chi connectivity index (χ1v) is 5.53. The number of carbonyl (C=O) groups is 1. The van der Waals surface area contributed by atoms with Gasteiger partial charge in [0, 0.05) is 16.9 Å². The fraction of sp³-hybridized carbons (Fsp3) is 0.0833. The van der Waals surface area contributed by atoms with E-state index in [-0.39, 0.29) is 5.56 Å². The number of aromatic nitrogens is 2. The highest BCUT2D eigenvalue weighted by atomic mass is 35.5. The van der Waals surface area contributed by atoms with E-state index in [1.54, 1.807) is 25.1 Å². The van der Waals surface area contributed by atoms with Crippen LogP contribution in [-0.4, -0.2) is 21.0 Å². The molecule has 0 bridgehead atoms. The number of rotatable bonds is 3. The molecule has 0 saturated carbocycles. The molecule has 0 unspecified atom stereocenters. The van der Waals surface area contributed by atoms with Gasteiger partial charge in [0.1, 0.15) is 0 Å². The maximum Gasteiger partial charge on any atom is 0.339 e. The summed E-state index contributed by atoms with van der Waals surface area (Å²) in [5.74, 6) is -0.707. The predicted octanol–water partition coefficient (Wildman–Crippen LogP) is 2.88. The van der Waals surface area contributed by atoms with E-state index < -0.39 is 5.97 Å². The summed E-state index contributed by atoms with van der Waals surface area (Å²) in [5.41, 5.74) is 1.23. The number of aryl methyl sites for hydroxylation is 1. The van der Waals surface area contributed by atoms with Crippen molar-refractivity contribution in [2.75, 3.05) is 5.32 Å². The number of nitrogens with one attached hydrogen (secondary N) is 1. The van der Waals surface area contributed by atoms with E-state index in [0.717, 1.165) is 5.69 Å². The zero-order chi connectivity index (χ0) is 13.1. The van der Waals surface area contributed by atoms with Crippen molar-refractivity contribution in [1.29, 1.82) is 0 Å². The normalized spacial score (nSPS) is 10.1. The minimum atomic E-state index is -1.04. The number of aromatic carboxylic acids is 1. The third-order valence-corrected chi connectivity index (χ3v) is 2.53. The van der Waals surface area contributed by atoms with Gasteiger partial charge in [-0.1, -0.05) is 17.7 Å². The van der Waals surface area contributed by atoms with Crippen LogP contribution in [0.2, 0.25) is 5.02 Å². The van der Waals surface area contributed by atoms with Crippen molar-refractivity contribution in [2.24, 2.45) is 0 Å². The van der Waals surface area contributed by atoms with Gasteiger partial charge in [-0.2, -0.15) is 0 Å². The van der Waals surface area contributed by atoms with E-state index in [4.69, 9.17) is 16.7 Å². The van der Waals surface area contributed by atoms with E-state index in [9.17, 15) is 4.79 Å². The summed E-state index contributed by atoms with van der Waals surface area (Å²) in [4.78, 5) is 18.8. The predicted molar refractivity (Wildman–Crippen MR) is 68.5 cm³/mol. The first-order chi connectivity index (χ1) is 8.56. The Labute approximate surface area is 108 Å². The summed E-state index contributed by atoms with van der Waals surface area (Å²) >= 11 is 5.85. The Bertz CT molecular complexity index is 602. The van der Waals surface area contributed by atoms with Crippen LogP contribution in [0.25, 0.3) is 0 Å². The van der Waals surface area contributed by atoms with Crippen molar-refractivity contribution in [1.82, 2.24) is 9.97 Å². The lowest BCUT2D eigenvalue weighted by atomic mass is 10.2. The quantitative estimate of drug-likeness (QED) is 0.891. The van der Waals surface area contributed by atoms with Gasteiger partial charge in [0.25, 0.3) is 0 Å². The fourth-order valence-corrected chi connectivity index (χ4v) is 1.62. The van der Waals surface area contributed by atoms with Crippen LogP contribution in [0.5, 0.6) is 0 Å². The van der Waals surface area contributed by atoms with Gasteiger partial charge in [0.2, 0.25) is 5.95 Å². The van der Waals surface area contributed by atoms with Crippen LogP contribution < -0.4 is 5.32 Å². The lowest BCUT2D eigenvalue weighted by Crippen LogP contribution is -2.06. The van der Waals surface area contributed by atoms with Gasteiger partial charge in [-0.3, -0.25) is 0 Å². The molecule has 0 saturated heterocycles. The lowest BCUT2D eigenvalue weighted by Gasteiger charge is -2.06. The highest BCUT2D eigenvalue weighted by Crippen LogP contribution is 2.18. The fourth-order valence-electron chi connectivity index (χ4n) is 1.43. The topological polar surface area (TPSA) is 75.1 Å². The van der Waals surface area contributed by atoms with E-state index in [2.05, 4.69) is 15.3 Å². The monoisotopic (exact) mass is 263 g/mol. The van der Waals surface area contributed by atoms with Crippen molar-refractivity contribution in [3.63, 3.8) is 0 Å². The van der Waals surface area contributed by atoms with Gasteiger partial charge in [-0.15, -0.1) is 0 Å². The molecular formula is C12H10ClN3O2. The van der Waals surface area contributed by atoms with Crippen LogP contribution in [0.4, 0.5) is 11.6 Å². The van der Waals surface area contributed by atoms with Gasteiger partial charge in [-0.05, 0) is 25.1 Å². The molecule has 18 heavy (non-hydrogen) atoms. The van der Waals surface area contributed by atoms with Crippen LogP contribution in [0.15, 0.2) is 30.5 Å². The average molecular weight is 264 g/mol. The molecule has 2 N–H and O–H groups in total. The molecule has 5 nitrogen and oxygen atoms in total. The average Bonchev–Trinajstić information content (AvgIpc) is 2.28. The Kier molecular flexibility index (Phi) is 3.43. The molecule has 0 amide bonds. The molecule has 1 aromatic carbocycles. The van der Waals surface area contributed by atoms with Crippen LogP contribution >= 0.6 is 11.6 Å². The van der Waals surface area contributed by atoms with Gasteiger partial charge in [0.15, 0.2) is 0 Å². The second kappa shape index (κ2) is 5.01. The zero-order valence-electron chi connectivity index (χ0n) is 9.51. The molecule has 0 aliphatic carbocycles. The second-order valence-electron chi connectivity index (χ2n) is 3.63. The molecule has 1 heterocycles. The molecule has 0 fully saturated rings. The molecule has 0 spiro atoms. The van der Waals surface area contributed by atoms with E-state index in [1.807, 2.05) is 6.07 Å². The van der Waals surface area contributed by atoms with Gasteiger partial charge in [-0.25, -0.2) is 14.8 Å². The summed E-state index contributed by atoms with van der Waals surface area (Å²) in [5, 5.41) is 12.4. The molecule has 0 aliphatic heterocycles. The smallest absolute Gasteiger partial charge is 0.339 e. The molecule has 92 valence electrons. The maximum atomic E-state index is 10.8. The Hall–Kier alpha value is -2.14. The van der Waals surface area contributed by atoms with Crippen LogP contribution in [0.1, 0.15) is 16.1 Å². The van der Waals surface area contributed by atoms with Crippen LogP contribution in [0, 0.1) is 6.92 Å².